The maximum absolute atomic E-state index is 6.25. The zero-order chi connectivity index (χ0) is 15.6. The predicted molar refractivity (Wildman–Crippen MR) is 96.6 cm³/mol. The molecule has 0 spiro atoms. The fourth-order valence-corrected chi connectivity index (χ4v) is 3.12. The van der Waals surface area contributed by atoms with Gasteiger partial charge in [0.15, 0.2) is 0 Å². The number of hydrogen-bond donors (Lipinski definition) is 0. The number of alkyl halides is 2. The van der Waals surface area contributed by atoms with E-state index in [0.717, 1.165) is 25.9 Å². The number of halogens is 2. The number of hydrogen-bond acceptors (Lipinski definition) is 1. The van der Waals surface area contributed by atoms with Crippen molar-refractivity contribution in [2.45, 2.75) is 32.0 Å². The molecule has 0 aliphatic carbocycles. The molecule has 118 valence electrons. The van der Waals surface area contributed by atoms with E-state index in [-0.39, 0.29) is 0 Å². The minimum Gasteiger partial charge on any atom is -0.291 e. The van der Waals surface area contributed by atoms with E-state index in [0.29, 0.717) is 17.8 Å². The molecule has 0 aromatic heterocycles. The highest BCUT2D eigenvalue weighted by Gasteiger charge is 2.18. The molecule has 0 amide bonds. The Kier molecular flexibility index (Phi) is 7.79. The van der Waals surface area contributed by atoms with E-state index in [1.54, 1.807) is 0 Å². The van der Waals surface area contributed by atoms with E-state index in [4.69, 9.17) is 23.2 Å². The third-order valence-electron chi connectivity index (χ3n) is 3.82. The Morgan fingerprint density at radius 3 is 1.68 bits per heavy atom. The Labute approximate surface area is 143 Å². The lowest BCUT2D eigenvalue weighted by Gasteiger charge is -2.30. The first-order valence-corrected chi connectivity index (χ1v) is 8.84. The molecular weight excluding hydrogens is 313 g/mol. The summed E-state index contributed by atoms with van der Waals surface area (Å²) in [7, 11) is 0. The second-order valence-corrected chi connectivity index (χ2v) is 6.20. The fraction of sp³-hybridized carbons (Fsp3) is 0.368. The van der Waals surface area contributed by atoms with Gasteiger partial charge in [-0.15, -0.1) is 23.2 Å². The van der Waals surface area contributed by atoms with Crippen LogP contribution < -0.4 is 0 Å². The highest BCUT2D eigenvalue weighted by Crippen LogP contribution is 2.18. The van der Waals surface area contributed by atoms with Crippen molar-refractivity contribution in [3.8, 4) is 0 Å². The van der Waals surface area contributed by atoms with E-state index in [9.17, 15) is 0 Å². The zero-order valence-electron chi connectivity index (χ0n) is 12.8. The molecule has 0 heterocycles. The first-order valence-electron chi connectivity index (χ1n) is 7.77. The summed E-state index contributed by atoms with van der Waals surface area (Å²) in [6.45, 7) is 1.82. The largest absolute Gasteiger partial charge is 0.291 e. The minimum atomic E-state index is 0.348. The van der Waals surface area contributed by atoms with Gasteiger partial charge >= 0.3 is 0 Å². The first-order chi connectivity index (χ1) is 10.8. The lowest BCUT2D eigenvalue weighted by molar-refractivity contribution is 0.183. The SMILES string of the molecule is ClCCCC(CCl)N(Cc1ccccc1)Cc1ccccc1. The summed E-state index contributed by atoms with van der Waals surface area (Å²) in [5.74, 6) is 1.33. The highest BCUT2D eigenvalue weighted by molar-refractivity contribution is 6.18. The summed E-state index contributed by atoms with van der Waals surface area (Å²) in [6, 6.07) is 21.5. The lowest BCUT2D eigenvalue weighted by atomic mass is 10.1. The van der Waals surface area contributed by atoms with Gasteiger partial charge in [-0.1, -0.05) is 60.7 Å². The van der Waals surface area contributed by atoms with Crippen LogP contribution in [0.3, 0.4) is 0 Å². The number of benzene rings is 2. The van der Waals surface area contributed by atoms with Crippen LogP contribution in [0.1, 0.15) is 24.0 Å². The lowest BCUT2D eigenvalue weighted by Crippen LogP contribution is -2.35. The van der Waals surface area contributed by atoms with Gasteiger partial charge in [-0.05, 0) is 24.0 Å². The quantitative estimate of drug-likeness (QED) is 0.561. The molecule has 0 aliphatic heterocycles. The summed E-state index contributed by atoms with van der Waals surface area (Å²) in [6.07, 6.45) is 2.03. The van der Waals surface area contributed by atoms with Crippen molar-refractivity contribution in [1.29, 1.82) is 0 Å². The van der Waals surface area contributed by atoms with Gasteiger partial charge < -0.3 is 0 Å². The van der Waals surface area contributed by atoms with Crippen molar-refractivity contribution in [2.75, 3.05) is 11.8 Å². The van der Waals surface area contributed by atoms with E-state index in [1.807, 2.05) is 0 Å². The maximum Gasteiger partial charge on any atom is 0.0379 e. The van der Waals surface area contributed by atoms with Gasteiger partial charge in [0.2, 0.25) is 0 Å². The van der Waals surface area contributed by atoms with Crippen molar-refractivity contribution in [3.05, 3.63) is 71.8 Å². The molecule has 0 aliphatic rings. The van der Waals surface area contributed by atoms with Crippen LogP contribution in [-0.4, -0.2) is 22.7 Å². The molecule has 0 saturated heterocycles. The molecule has 0 radical (unpaired) electrons. The molecule has 1 nitrogen and oxygen atoms in total. The molecule has 2 rings (SSSR count). The minimum absolute atomic E-state index is 0.348. The van der Waals surface area contributed by atoms with Crippen molar-refractivity contribution < 1.29 is 0 Å². The maximum atomic E-state index is 6.25. The normalized spacial score (nSPS) is 12.5. The van der Waals surface area contributed by atoms with Crippen LogP contribution in [0.2, 0.25) is 0 Å². The van der Waals surface area contributed by atoms with E-state index in [2.05, 4.69) is 65.6 Å². The average Bonchev–Trinajstić information content (AvgIpc) is 2.57. The Balaban J connectivity index is 2.11. The number of rotatable bonds is 9. The molecule has 3 heteroatoms. The van der Waals surface area contributed by atoms with Crippen LogP contribution >= 0.6 is 23.2 Å². The molecule has 2 aromatic rings. The van der Waals surface area contributed by atoms with Crippen molar-refractivity contribution >= 4 is 23.2 Å². The summed E-state index contributed by atoms with van der Waals surface area (Å²) < 4.78 is 0. The second kappa shape index (κ2) is 9.89. The van der Waals surface area contributed by atoms with Crippen LogP contribution in [0.4, 0.5) is 0 Å². The average molecular weight is 336 g/mol. The van der Waals surface area contributed by atoms with Gasteiger partial charge in [0.05, 0.1) is 0 Å². The van der Waals surface area contributed by atoms with Gasteiger partial charge in [-0.25, -0.2) is 0 Å². The fourth-order valence-electron chi connectivity index (χ4n) is 2.62. The molecule has 22 heavy (non-hydrogen) atoms. The Hall–Kier alpha value is -1.02. The van der Waals surface area contributed by atoms with Crippen LogP contribution in [-0.2, 0) is 13.1 Å². The predicted octanol–water partition coefficient (Wildman–Crippen LogP) is 5.32. The molecule has 1 unspecified atom stereocenters. The summed E-state index contributed by atoms with van der Waals surface area (Å²) >= 11 is 12.1. The second-order valence-electron chi connectivity index (χ2n) is 5.52. The molecule has 0 fully saturated rings. The molecule has 0 bridgehead atoms. The molecule has 1 atom stereocenters. The van der Waals surface area contributed by atoms with Gasteiger partial charge in [0.1, 0.15) is 0 Å². The summed E-state index contributed by atoms with van der Waals surface area (Å²) in [4.78, 5) is 2.46. The smallest absolute Gasteiger partial charge is 0.0379 e. The molecule has 2 aromatic carbocycles. The van der Waals surface area contributed by atoms with Gasteiger partial charge in [-0.3, -0.25) is 4.90 Å². The van der Waals surface area contributed by atoms with E-state index < -0.39 is 0 Å². The third-order valence-corrected chi connectivity index (χ3v) is 4.45. The van der Waals surface area contributed by atoms with Crippen molar-refractivity contribution in [2.24, 2.45) is 0 Å². The van der Waals surface area contributed by atoms with Gasteiger partial charge in [0.25, 0.3) is 0 Å². The van der Waals surface area contributed by atoms with Crippen LogP contribution in [0.25, 0.3) is 0 Å². The van der Waals surface area contributed by atoms with E-state index in [1.165, 1.54) is 11.1 Å². The monoisotopic (exact) mass is 335 g/mol. The first kappa shape index (κ1) is 17.3. The van der Waals surface area contributed by atoms with E-state index >= 15 is 0 Å². The highest BCUT2D eigenvalue weighted by atomic mass is 35.5. The Morgan fingerprint density at radius 2 is 1.27 bits per heavy atom. The van der Waals surface area contributed by atoms with Gasteiger partial charge in [-0.2, -0.15) is 0 Å². The third kappa shape index (κ3) is 5.64. The molecule has 0 N–H and O–H groups in total. The summed E-state index contributed by atoms with van der Waals surface area (Å²) in [5.41, 5.74) is 2.64. The Morgan fingerprint density at radius 1 is 0.773 bits per heavy atom. The summed E-state index contributed by atoms with van der Waals surface area (Å²) in [5, 5.41) is 0. The van der Waals surface area contributed by atoms with Gasteiger partial charge in [0, 0.05) is 30.9 Å². The molecular formula is C19H23Cl2N. The zero-order valence-corrected chi connectivity index (χ0v) is 14.3. The van der Waals surface area contributed by atoms with Crippen LogP contribution in [0, 0.1) is 0 Å². The molecule has 0 saturated carbocycles. The van der Waals surface area contributed by atoms with Crippen LogP contribution in [0.5, 0.6) is 0 Å². The Bertz CT molecular complexity index is 474. The topological polar surface area (TPSA) is 3.24 Å². The van der Waals surface area contributed by atoms with Crippen molar-refractivity contribution in [1.82, 2.24) is 4.90 Å². The number of nitrogens with zero attached hydrogens (tertiary/aromatic N) is 1. The van der Waals surface area contributed by atoms with Crippen molar-refractivity contribution in [3.63, 3.8) is 0 Å². The standard InChI is InChI=1S/C19H23Cl2N/c20-13-7-12-19(14-21)22(15-17-8-3-1-4-9-17)16-18-10-5-2-6-11-18/h1-6,8-11,19H,7,12-16H2. The van der Waals surface area contributed by atoms with Crippen LogP contribution in [0.15, 0.2) is 60.7 Å².